The number of ether oxygens (including phenoxy) is 3. The molecular weight excluding hydrogens is 332 g/mol. The van der Waals surface area contributed by atoms with Gasteiger partial charge in [0.1, 0.15) is 0 Å². The van der Waals surface area contributed by atoms with E-state index in [1.165, 1.54) is 0 Å². The standard InChI is InChI=1S/C21H32O5/c1-5-8-14-18(16(4)26-15-17-12-10-9-11-13-17)19(20(22)24-6-2)21(23)25-7-3/h9-13,16,18-19H,5-8,14-15H2,1-4H3. The summed E-state index contributed by atoms with van der Waals surface area (Å²) in [4.78, 5) is 24.9. The third-order valence-electron chi connectivity index (χ3n) is 4.36. The molecule has 1 rings (SSSR count). The highest BCUT2D eigenvalue weighted by atomic mass is 16.6. The van der Waals surface area contributed by atoms with Gasteiger partial charge in [-0.15, -0.1) is 0 Å². The van der Waals surface area contributed by atoms with E-state index in [1.54, 1.807) is 13.8 Å². The Morgan fingerprint density at radius 2 is 1.54 bits per heavy atom. The lowest BCUT2D eigenvalue weighted by atomic mass is 9.83. The molecule has 0 aliphatic heterocycles. The van der Waals surface area contributed by atoms with Crippen LogP contribution in [0.15, 0.2) is 30.3 Å². The molecule has 26 heavy (non-hydrogen) atoms. The fourth-order valence-corrected chi connectivity index (χ4v) is 2.95. The van der Waals surface area contributed by atoms with Crippen molar-refractivity contribution < 1.29 is 23.8 Å². The minimum absolute atomic E-state index is 0.231. The van der Waals surface area contributed by atoms with Crippen LogP contribution in [0.3, 0.4) is 0 Å². The zero-order valence-electron chi connectivity index (χ0n) is 16.4. The number of carbonyl (C=O) groups is 2. The zero-order chi connectivity index (χ0) is 19.4. The third-order valence-corrected chi connectivity index (χ3v) is 4.36. The van der Waals surface area contributed by atoms with E-state index in [4.69, 9.17) is 14.2 Å². The summed E-state index contributed by atoms with van der Waals surface area (Å²) in [6.07, 6.45) is 2.30. The average molecular weight is 364 g/mol. The molecule has 1 aromatic rings. The number of unbranched alkanes of at least 4 members (excludes halogenated alkanes) is 1. The SMILES string of the molecule is CCCCC(C(C)OCc1ccccc1)C(C(=O)OCC)C(=O)OCC. The highest BCUT2D eigenvalue weighted by Gasteiger charge is 2.40. The molecule has 0 amide bonds. The molecule has 0 saturated heterocycles. The van der Waals surface area contributed by atoms with E-state index < -0.39 is 17.9 Å². The maximum atomic E-state index is 12.5. The summed E-state index contributed by atoms with van der Waals surface area (Å²) in [5.74, 6) is -2.28. The molecule has 146 valence electrons. The normalized spacial score (nSPS) is 13.3. The maximum absolute atomic E-state index is 12.5. The summed E-state index contributed by atoms with van der Waals surface area (Å²) in [6, 6.07) is 9.84. The maximum Gasteiger partial charge on any atom is 0.320 e. The third kappa shape index (κ3) is 7.16. The minimum atomic E-state index is -0.952. The zero-order valence-corrected chi connectivity index (χ0v) is 16.4. The van der Waals surface area contributed by atoms with Gasteiger partial charge in [0.05, 0.1) is 25.9 Å². The summed E-state index contributed by atoms with van der Waals surface area (Å²) < 4.78 is 16.3. The molecule has 0 aromatic heterocycles. The number of hydrogen-bond acceptors (Lipinski definition) is 5. The number of benzene rings is 1. The average Bonchev–Trinajstić information content (AvgIpc) is 2.64. The van der Waals surface area contributed by atoms with Gasteiger partial charge in [0.15, 0.2) is 5.92 Å². The van der Waals surface area contributed by atoms with Crippen molar-refractivity contribution in [1.29, 1.82) is 0 Å². The Balaban J connectivity index is 2.92. The number of hydrogen-bond donors (Lipinski definition) is 0. The Morgan fingerprint density at radius 3 is 2.04 bits per heavy atom. The van der Waals surface area contributed by atoms with E-state index in [9.17, 15) is 9.59 Å². The Kier molecular flexibility index (Phi) is 10.6. The monoisotopic (exact) mass is 364 g/mol. The van der Waals surface area contributed by atoms with Crippen LogP contribution in [-0.2, 0) is 30.4 Å². The van der Waals surface area contributed by atoms with E-state index in [-0.39, 0.29) is 25.2 Å². The van der Waals surface area contributed by atoms with Crippen molar-refractivity contribution in [1.82, 2.24) is 0 Å². The first-order valence-electron chi connectivity index (χ1n) is 9.53. The van der Waals surface area contributed by atoms with Crippen LogP contribution in [0.4, 0.5) is 0 Å². The van der Waals surface area contributed by atoms with Gasteiger partial charge in [0, 0.05) is 5.92 Å². The van der Waals surface area contributed by atoms with Crippen LogP contribution < -0.4 is 0 Å². The molecule has 5 heteroatoms. The molecule has 2 unspecified atom stereocenters. The smallest absolute Gasteiger partial charge is 0.320 e. The molecule has 0 saturated carbocycles. The molecule has 2 atom stereocenters. The lowest BCUT2D eigenvalue weighted by Gasteiger charge is -2.29. The van der Waals surface area contributed by atoms with Crippen LogP contribution in [0.2, 0.25) is 0 Å². The van der Waals surface area contributed by atoms with E-state index in [0.29, 0.717) is 13.0 Å². The fraction of sp³-hybridized carbons (Fsp3) is 0.619. The molecule has 0 aliphatic rings. The van der Waals surface area contributed by atoms with Gasteiger partial charge in [-0.25, -0.2) is 0 Å². The second kappa shape index (κ2) is 12.5. The summed E-state index contributed by atoms with van der Waals surface area (Å²) in [6.45, 7) is 8.35. The van der Waals surface area contributed by atoms with Crippen molar-refractivity contribution in [3.63, 3.8) is 0 Å². The Morgan fingerprint density at radius 1 is 0.962 bits per heavy atom. The van der Waals surface area contributed by atoms with Gasteiger partial charge in [0.25, 0.3) is 0 Å². The van der Waals surface area contributed by atoms with Crippen molar-refractivity contribution in [2.45, 2.75) is 59.7 Å². The minimum Gasteiger partial charge on any atom is -0.465 e. The summed E-state index contributed by atoms with van der Waals surface area (Å²) in [5.41, 5.74) is 1.05. The van der Waals surface area contributed by atoms with Crippen LogP contribution in [-0.4, -0.2) is 31.3 Å². The number of carbonyl (C=O) groups excluding carboxylic acids is 2. The quantitative estimate of drug-likeness (QED) is 0.412. The highest BCUT2D eigenvalue weighted by Crippen LogP contribution is 2.28. The van der Waals surface area contributed by atoms with Crippen LogP contribution in [0, 0.1) is 11.8 Å². The molecular formula is C21H32O5. The van der Waals surface area contributed by atoms with Crippen LogP contribution in [0.25, 0.3) is 0 Å². The predicted molar refractivity (Wildman–Crippen MR) is 100 cm³/mol. The Bertz CT molecular complexity index is 510. The summed E-state index contributed by atoms with van der Waals surface area (Å²) in [5, 5.41) is 0. The van der Waals surface area contributed by atoms with Gasteiger partial charge in [-0.2, -0.15) is 0 Å². The fourth-order valence-electron chi connectivity index (χ4n) is 2.95. The van der Waals surface area contributed by atoms with Crippen LogP contribution in [0.1, 0.15) is 52.5 Å². The Labute approximate surface area is 157 Å². The van der Waals surface area contributed by atoms with Gasteiger partial charge in [0.2, 0.25) is 0 Å². The molecule has 0 aliphatic carbocycles. The summed E-state index contributed by atoms with van der Waals surface area (Å²) >= 11 is 0. The Hall–Kier alpha value is -1.88. The second-order valence-electron chi connectivity index (χ2n) is 6.29. The van der Waals surface area contributed by atoms with Crippen LogP contribution in [0.5, 0.6) is 0 Å². The van der Waals surface area contributed by atoms with Gasteiger partial charge in [-0.3, -0.25) is 9.59 Å². The highest BCUT2D eigenvalue weighted by molar-refractivity contribution is 5.95. The molecule has 1 aromatic carbocycles. The van der Waals surface area contributed by atoms with E-state index >= 15 is 0 Å². The predicted octanol–water partition coefficient (Wildman–Crippen LogP) is 4.14. The van der Waals surface area contributed by atoms with Crippen molar-refractivity contribution in [3.05, 3.63) is 35.9 Å². The van der Waals surface area contributed by atoms with Gasteiger partial charge < -0.3 is 14.2 Å². The van der Waals surface area contributed by atoms with E-state index in [1.807, 2.05) is 37.3 Å². The largest absolute Gasteiger partial charge is 0.465 e. The lowest BCUT2D eigenvalue weighted by molar-refractivity contribution is -0.168. The molecule has 0 bridgehead atoms. The first-order valence-corrected chi connectivity index (χ1v) is 9.53. The first-order chi connectivity index (χ1) is 12.5. The van der Waals surface area contributed by atoms with E-state index in [2.05, 4.69) is 6.92 Å². The van der Waals surface area contributed by atoms with E-state index in [0.717, 1.165) is 18.4 Å². The number of rotatable bonds is 12. The molecule has 0 radical (unpaired) electrons. The van der Waals surface area contributed by atoms with Gasteiger partial charge >= 0.3 is 11.9 Å². The summed E-state index contributed by atoms with van der Waals surface area (Å²) in [7, 11) is 0. The van der Waals surface area contributed by atoms with Crippen molar-refractivity contribution in [2.75, 3.05) is 13.2 Å². The van der Waals surface area contributed by atoms with Crippen molar-refractivity contribution in [3.8, 4) is 0 Å². The lowest BCUT2D eigenvalue weighted by Crippen LogP contribution is -2.40. The molecule has 0 spiro atoms. The molecule has 0 N–H and O–H groups in total. The topological polar surface area (TPSA) is 61.8 Å². The molecule has 0 fully saturated rings. The van der Waals surface area contributed by atoms with Gasteiger partial charge in [-0.05, 0) is 32.8 Å². The van der Waals surface area contributed by atoms with Crippen LogP contribution >= 0.6 is 0 Å². The second-order valence-corrected chi connectivity index (χ2v) is 6.29. The van der Waals surface area contributed by atoms with Gasteiger partial charge in [-0.1, -0.05) is 50.1 Å². The van der Waals surface area contributed by atoms with Crippen molar-refractivity contribution >= 4 is 11.9 Å². The molecule has 5 nitrogen and oxygen atoms in total. The van der Waals surface area contributed by atoms with Crippen molar-refractivity contribution in [2.24, 2.45) is 11.8 Å². The molecule has 0 heterocycles. The first kappa shape index (κ1) is 22.2. The number of esters is 2.